The molecule has 1 fully saturated rings. The van der Waals surface area contributed by atoms with E-state index in [0.717, 1.165) is 16.2 Å². The maximum absolute atomic E-state index is 14.3. The monoisotopic (exact) mass is 617 g/mol. The van der Waals surface area contributed by atoms with E-state index in [2.05, 4.69) is 20.0 Å². The maximum atomic E-state index is 14.3. The van der Waals surface area contributed by atoms with Gasteiger partial charge >= 0.3 is 0 Å². The normalized spacial score (nSPS) is 16.9. The number of aromatic nitrogens is 3. The lowest BCUT2D eigenvalue weighted by Gasteiger charge is -2.19. The number of benzene rings is 2. The summed E-state index contributed by atoms with van der Waals surface area (Å²) in [4.78, 5) is 43.7. The van der Waals surface area contributed by atoms with E-state index in [-0.39, 0.29) is 58.3 Å². The second-order valence-electron chi connectivity index (χ2n) is 9.90. The molecule has 1 saturated heterocycles. The number of hydrogen-bond donors (Lipinski definition) is 2. The highest BCUT2D eigenvalue weighted by Crippen LogP contribution is 2.36. The standard InChI is InChI=1S/C27H25ClFN5O5S2/c1-14(35)12-34-23(15(2)19-11-16(29)7-8-20(19)28)24(31-25(34)27(37)30-17-9-10-41(38,39)13-17)32-26(36)22-18-5-3-4-6-21(18)40-33-22/h3-8,11,15,17H,9-10,12-13H2,1-2H3,(H,30,37)(H,32,36)/t15-,17-/m0/s1. The van der Waals surface area contributed by atoms with Gasteiger partial charge in [0.05, 0.1) is 28.4 Å². The molecule has 10 nitrogen and oxygen atoms in total. The Morgan fingerprint density at radius 2 is 1.95 bits per heavy atom. The quantitative estimate of drug-likeness (QED) is 0.302. The topological polar surface area (TPSA) is 140 Å². The third-order valence-corrected chi connectivity index (χ3v) is 9.76. The van der Waals surface area contributed by atoms with Crippen LogP contribution in [-0.4, -0.2) is 57.5 Å². The number of nitrogens with zero attached hydrogens (tertiary/aromatic N) is 3. The zero-order valence-corrected chi connectivity index (χ0v) is 24.4. The summed E-state index contributed by atoms with van der Waals surface area (Å²) in [6, 6.07) is 10.4. The van der Waals surface area contributed by atoms with Gasteiger partial charge in [0, 0.05) is 22.4 Å². The molecule has 0 radical (unpaired) electrons. The lowest BCUT2D eigenvalue weighted by atomic mass is 9.96. The Balaban J connectivity index is 1.61. The van der Waals surface area contributed by atoms with E-state index < -0.39 is 39.4 Å². The van der Waals surface area contributed by atoms with E-state index >= 15 is 0 Å². The molecular weight excluding hydrogens is 593 g/mol. The molecule has 5 rings (SSSR count). The molecule has 1 aliphatic rings. The Kier molecular flexibility index (Phi) is 7.95. The van der Waals surface area contributed by atoms with E-state index in [1.54, 1.807) is 19.1 Å². The maximum Gasteiger partial charge on any atom is 0.287 e. The number of anilines is 1. The Morgan fingerprint density at radius 3 is 2.66 bits per heavy atom. The minimum absolute atomic E-state index is 0.0367. The molecule has 2 atom stereocenters. The second-order valence-corrected chi connectivity index (χ2v) is 13.3. The Bertz CT molecular complexity index is 1800. The van der Waals surface area contributed by atoms with Gasteiger partial charge in [-0.2, -0.15) is 4.37 Å². The summed E-state index contributed by atoms with van der Waals surface area (Å²) in [5.74, 6) is -3.42. The summed E-state index contributed by atoms with van der Waals surface area (Å²) in [5, 5.41) is 6.28. The van der Waals surface area contributed by atoms with Crippen LogP contribution in [0.5, 0.6) is 0 Å². The van der Waals surface area contributed by atoms with Crippen molar-refractivity contribution in [3.63, 3.8) is 0 Å². The van der Waals surface area contributed by atoms with E-state index in [0.29, 0.717) is 10.9 Å². The highest BCUT2D eigenvalue weighted by molar-refractivity contribution is 7.91. The van der Waals surface area contributed by atoms with Crippen LogP contribution in [0.1, 0.15) is 58.6 Å². The number of nitrogens with one attached hydrogen (secondary N) is 2. The summed E-state index contributed by atoms with van der Waals surface area (Å²) in [7, 11) is -3.28. The zero-order valence-electron chi connectivity index (χ0n) is 22.0. The fourth-order valence-electron chi connectivity index (χ4n) is 4.92. The van der Waals surface area contributed by atoms with Crippen molar-refractivity contribution in [1.82, 2.24) is 19.2 Å². The van der Waals surface area contributed by atoms with Gasteiger partial charge in [0.15, 0.2) is 15.7 Å². The molecule has 0 spiro atoms. The van der Waals surface area contributed by atoms with Crippen LogP contribution in [0.3, 0.4) is 0 Å². The number of imidazole rings is 1. The van der Waals surface area contributed by atoms with Crippen LogP contribution in [0.25, 0.3) is 10.1 Å². The Labute approximate surface area is 244 Å². The number of rotatable bonds is 8. The SMILES string of the molecule is CC(=O)Cn1c(C(=O)N[C@H]2CCS(=O)(=O)C2)nc(NC(=O)c2nsc3ccccc23)c1[C@@H](C)c1cc(F)ccc1Cl. The number of carbonyl (C=O) groups excluding carboxylic acids is 3. The van der Waals surface area contributed by atoms with Gasteiger partial charge < -0.3 is 15.2 Å². The zero-order chi connectivity index (χ0) is 29.5. The highest BCUT2D eigenvalue weighted by atomic mass is 35.5. The number of amides is 2. The van der Waals surface area contributed by atoms with Gasteiger partial charge in [0.2, 0.25) is 5.82 Å². The lowest BCUT2D eigenvalue weighted by Crippen LogP contribution is -2.37. The van der Waals surface area contributed by atoms with Crippen molar-refractivity contribution in [3.8, 4) is 0 Å². The van der Waals surface area contributed by atoms with E-state index in [4.69, 9.17) is 11.6 Å². The first-order valence-corrected chi connectivity index (χ1v) is 15.6. The fraction of sp³-hybridized carbons (Fsp3) is 0.296. The van der Waals surface area contributed by atoms with Crippen molar-refractivity contribution in [2.45, 2.75) is 38.8 Å². The summed E-state index contributed by atoms with van der Waals surface area (Å²) >= 11 is 7.57. The average Bonchev–Trinajstić information content (AvgIpc) is 3.59. The number of sulfone groups is 1. The van der Waals surface area contributed by atoms with Crippen molar-refractivity contribution in [1.29, 1.82) is 0 Å². The lowest BCUT2D eigenvalue weighted by molar-refractivity contribution is -0.117. The first-order chi connectivity index (χ1) is 19.4. The molecule has 214 valence electrons. The molecule has 14 heteroatoms. The average molecular weight is 618 g/mol. The molecule has 2 N–H and O–H groups in total. The van der Waals surface area contributed by atoms with Gasteiger partial charge in [-0.15, -0.1) is 0 Å². The molecule has 0 saturated carbocycles. The summed E-state index contributed by atoms with van der Waals surface area (Å²) in [5.41, 5.74) is 0.737. The molecule has 2 aromatic carbocycles. The van der Waals surface area contributed by atoms with E-state index in [1.165, 1.54) is 29.7 Å². The number of halogens is 2. The smallest absolute Gasteiger partial charge is 0.287 e. The molecule has 0 aliphatic carbocycles. The van der Waals surface area contributed by atoms with Gasteiger partial charge in [-0.3, -0.25) is 14.4 Å². The van der Waals surface area contributed by atoms with Crippen LogP contribution in [0.15, 0.2) is 42.5 Å². The van der Waals surface area contributed by atoms with E-state index in [9.17, 15) is 27.2 Å². The van der Waals surface area contributed by atoms with Gasteiger partial charge in [0.25, 0.3) is 11.8 Å². The minimum atomic E-state index is -3.28. The number of carbonyl (C=O) groups is 3. The van der Waals surface area contributed by atoms with Crippen molar-refractivity contribution < 1.29 is 27.2 Å². The third-order valence-electron chi connectivity index (χ3n) is 6.82. The number of fused-ring (bicyclic) bond motifs is 1. The third kappa shape index (κ3) is 6.02. The summed E-state index contributed by atoms with van der Waals surface area (Å²) in [6.07, 6.45) is 0.240. The van der Waals surface area contributed by atoms with Crippen LogP contribution in [0.2, 0.25) is 5.02 Å². The molecule has 1 aliphatic heterocycles. The molecule has 0 bridgehead atoms. The first-order valence-electron chi connectivity index (χ1n) is 12.7. The molecular formula is C27H25ClFN5O5S2. The Morgan fingerprint density at radius 1 is 1.20 bits per heavy atom. The highest BCUT2D eigenvalue weighted by Gasteiger charge is 2.33. The van der Waals surface area contributed by atoms with E-state index in [1.807, 2.05) is 12.1 Å². The fourth-order valence-corrected chi connectivity index (χ4v) is 7.65. The largest absolute Gasteiger partial charge is 0.346 e. The molecule has 3 heterocycles. The van der Waals surface area contributed by atoms with Gasteiger partial charge in [0.1, 0.15) is 17.3 Å². The van der Waals surface area contributed by atoms with Crippen molar-refractivity contribution in [3.05, 3.63) is 76.1 Å². The van der Waals surface area contributed by atoms with Crippen molar-refractivity contribution in [2.75, 3.05) is 16.8 Å². The number of Topliss-reactive ketones (excluding diaryl/α,β-unsaturated/α-hetero) is 1. The minimum Gasteiger partial charge on any atom is -0.346 e. The predicted octanol–water partition coefficient (Wildman–Crippen LogP) is 4.20. The first kappa shape index (κ1) is 28.8. The van der Waals surface area contributed by atoms with Gasteiger partial charge in [-0.25, -0.2) is 17.8 Å². The summed E-state index contributed by atoms with van der Waals surface area (Å²) in [6.45, 7) is 2.72. The van der Waals surface area contributed by atoms with Crippen LogP contribution in [-0.2, 0) is 21.2 Å². The molecule has 2 aromatic heterocycles. The predicted molar refractivity (Wildman–Crippen MR) is 154 cm³/mol. The van der Waals surface area contributed by atoms with Gasteiger partial charge in [-0.1, -0.05) is 36.7 Å². The molecule has 4 aromatic rings. The van der Waals surface area contributed by atoms with Gasteiger partial charge in [-0.05, 0) is 54.7 Å². The van der Waals surface area contributed by atoms with Crippen LogP contribution in [0.4, 0.5) is 10.2 Å². The second kappa shape index (κ2) is 11.3. The van der Waals surface area contributed by atoms with Crippen LogP contribution < -0.4 is 10.6 Å². The van der Waals surface area contributed by atoms with Crippen LogP contribution in [0, 0.1) is 5.82 Å². The summed E-state index contributed by atoms with van der Waals surface area (Å²) < 4.78 is 44.6. The Hall–Kier alpha value is -3.68. The van der Waals surface area contributed by atoms with Crippen molar-refractivity contribution in [2.24, 2.45) is 0 Å². The van der Waals surface area contributed by atoms with Crippen LogP contribution >= 0.6 is 23.1 Å². The molecule has 2 amide bonds. The molecule has 0 unspecified atom stereocenters. The van der Waals surface area contributed by atoms with Crippen molar-refractivity contribution >= 4 is 66.5 Å². The molecule has 41 heavy (non-hydrogen) atoms. The number of ketones is 1. The number of hydrogen-bond acceptors (Lipinski definition) is 8.